The van der Waals surface area contributed by atoms with E-state index in [1.807, 2.05) is 82.6 Å². The first-order chi connectivity index (χ1) is 37.0. The summed E-state index contributed by atoms with van der Waals surface area (Å²) >= 11 is 1.58. The Bertz CT molecular complexity index is 3110. The quantitative estimate of drug-likeness (QED) is 0.0681. The molecule has 3 saturated heterocycles. The fourth-order valence-electron chi connectivity index (χ4n) is 12.0. The van der Waals surface area contributed by atoms with Gasteiger partial charge in [0.1, 0.15) is 48.1 Å². The lowest BCUT2D eigenvalue weighted by Crippen LogP contribution is -2.58. The number of phenols is 1. The molecule has 10 rings (SSSR count). The average molecular weight is 1070 g/mol. The average Bonchev–Trinajstić information content (AvgIpc) is 4.14. The highest BCUT2D eigenvalue weighted by molar-refractivity contribution is 7.13. The maximum atomic E-state index is 17.1. The normalized spacial score (nSPS) is 20.9. The number of benzene rings is 3. The molecule has 3 aromatic carbocycles. The number of nitrogens with zero attached hydrogens (tertiary/aromatic N) is 7. The Kier molecular flexibility index (Phi) is 16.1. The number of thiazole rings is 1. The number of aryl methyl sites for hydroxylation is 2. The SMILES string of the molecule is CCc1cccc2cc(O)cc(-c3ncc4c(N5CC6CCC(C6)C5)nc(OCCN5CCC(COCC(=O)N[C@H](C(=O)N6C[C@H](O)C[C@H]6C(=O)N[C@@H](C)c6ccc(-c7scnc7C)cc6)C(C)(C)C)CC5)nc4c3F)c12. The second-order valence-corrected chi connectivity index (χ2v) is 23.7. The number of hydrogen-bond donors (Lipinski definition) is 4. The molecule has 4 fully saturated rings. The summed E-state index contributed by atoms with van der Waals surface area (Å²) < 4.78 is 29.4. The van der Waals surface area contributed by atoms with Crippen LogP contribution in [0.2, 0.25) is 0 Å². The van der Waals surface area contributed by atoms with Gasteiger partial charge in [0, 0.05) is 44.4 Å². The Balaban J connectivity index is 0.722. The van der Waals surface area contributed by atoms with E-state index in [-0.39, 0.29) is 60.4 Å². The zero-order chi connectivity index (χ0) is 54.1. The van der Waals surface area contributed by atoms with Crippen molar-refractivity contribution in [2.75, 3.05) is 64.0 Å². The molecule has 0 radical (unpaired) electrons. The zero-order valence-corrected chi connectivity index (χ0v) is 45.9. The minimum Gasteiger partial charge on any atom is -0.508 e. The second kappa shape index (κ2) is 22.9. The number of pyridine rings is 1. The number of aromatic nitrogens is 4. The van der Waals surface area contributed by atoms with Gasteiger partial charge in [-0.25, -0.2) is 9.37 Å². The van der Waals surface area contributed by atoms with Crippen LogP contribution >= 0.6 is 11.3 Å². The summed E-state index contributed by atoms with van der Waals surface area (Å²) in [6, 6.07) is 15.0. The molecule has 3 aromatic heterocycles. The van der Waals surface area contributed by atoms with Crippen molar-refractivity contribution in [2.45, 2.75) is 111 Å². The predicted molar refractivity (Wildman–Crippen MR) is 296 cm³/mol. The van der Waals surface area contributed by atoms with Gasteiger partial charge in [-0.05, 0) is 128 Å². The molecule has 6 atom stereocenters. The van der Waals surface area contributed by atoms with Gasteiger partial charge in [0.15, 0.2) is 5.82 Å². The van der Waals surface area contributed by atoms with Gasteiger partial charge in [0.2, 0.25) is 17.7 Å². The number of piperidine rings is 2. The third-order valence-corrected chi connectivity index (χ3v) is 17.2. The number of phenolic OH excluding ortho intramolecular Hbond substituents is 1. The van der Waals surface area contributed by atoms with Gasteiger partial charge in [-0.15, -0.1) is 11.3 Å². The summed E-state index contributed by atoms with van der Waals surface area (Å²) in [5.74, 6) is 0.201. The van der Waals surface area contributed by atoms with Crippen molar-refractivity contribution >= 4 is 56.6 Å². The van der Waals surface area contributed by atoms with E-state index < -0.39 is 41.2 Å². The lowest BCUT2D eigenvalue weighted by Gasteiger charge is -2.35. The molecule has 3 amide bonds. The zero-order valence-electron chi connectivity index (χ0n) is 45.1. The van der Waals surface area contributed by atoms with Gasteiger partial charge < -0.3 is 40.1 Å². The molecule has 4 N–H and O–H groups in total. The first-order valence-corrected chi connectivity index (χ1v) is 28.3. The standard InChI is InChI=1S/C59H72FN9O7S/c1-7-39-9-8-10-42-24-43(70)25-45(49(39)42)51-50(60)52-46(27-61-51)55(68-28-37-11-12-38(23-37)29-68)66-58(65-52)76-22-21-67-19-17-36(18-20-67)31-75-32-48(72)64-54(59(4,5)6)57(74)69-30-44(71)26-47(69)56(73)63-34(2)40-13-15-41(16-14-40)53-35(3)62-33-77-53/h8-10,13-16,24-25,27,33-34,36-38,44,47,54,70-71H,7,11-12,17-23,26,28-32H2,1-6H3,(H,63,73)(H,64,72)/t34-,37?,38?,44+,47-,54+/m0/s1. The number of halogens is 1. The summed E-state index contributed by atoms with van der Waals surface area (Å²) in [6.07, 6.45) is 6.85. The van der Waals surface area contributed by atoms with Crippen LogP contribution in [0.15, 0.2) is 66.3 Å². The van der Waals surface area contributed by atoms with Crippen LogP contribution in [0.5, 0.6) is 11.8 Å². The van der Waals surface area contributed by atoms with Crippen LogP contribution < -0.4 is 20.3 Å². The number of aliphatic hydroxyl groups is 1. The molecule has 77 heavy (non-hydrogen) atoms. The minimum atomic E-state index is -0.968. The van der Waals surface area contributed by atoms with E-state index in [9.17, 15) is 24.6 Å². The summed E-state index contributed by atoms with van der Waals surface area (Å²) in [7, 11) is 0. The van der Waals surface area contributed by atoms with Crippen molar-refractivity contribution in [1.82, 2.24) is 40.4 Å². The highest BCUT2D eigenvalue weighted by atomic mass is 32.1. The fraction of sp³-hybridized carbons (Fsp3) is 0.508. The Morgan fingerprint density at radius 3 is 2.40 bits per heavy atom. The predicted octanol–water partition coefficient (Wildman–Crippen LogP) is 8.40. The third kappa shape index (κ3) is 11.9. The fourth-order valence-corrected chi connectivity index (χ4v) is 12.9. The van der Waals surface area contributed by atoms with Crippen molar-refractivity contribution in [1.29, 1.82) is 0 Å². The number of rotatable bonds is 17. The molecule has 0 spiro atoms. The molecule has 2 unspecified atom stereocenters. The number of aromatic hydroxyl groups is 1. The van der Waals surface area contributed by atoms with E-state index in [1.54, 1.807) is 29.7 Å². The summed E-state index contributed by atoms with van der Waals surface area (Å²) in [5, 5.41) is 29.6. The number of hydrogen-bond acceptors (Lipinski definition) is 14. The van der Waals surface area contributed by atoms with Crippen LogP contribution in [-0.4, -0.2) is 135 Å². The number of nitrogens with one attached hydrogen (secondary N) is 2. The van der Waals surface area contributed by atoms with Crippen LogP contribution in [0, 0.1) is 35.9 Å². The number of ether oxygens (including phenoxy) is 2. The number of anilines is 1. The van der Waals surface area contributed by atoms with E-state index in [2.05, 4.69) is 32.3 Å². The Morgan fingerprint density at radius 1 is 0.948 bits per heavy atom. The molecular weight excluding hydrogens is 998 g/mol. The first kappa shape index (κ1) is 54.0. The van der Waals surface area contributed by atoms with Gasteiger partial charge in [0.25, 0.3) is 0 Å². The van der Waals surface area contributed by atoms with Crippen molar-refractivity contribution < 1.29 is 38.5 Å². The number of likely N-dealkylation sites (tertiary alicyclic amines) is 2. The van der Waals surface area contributed by atoms with Crippen LogP contribution in [0.4, 0.5) is 10.2 Å². The minimum absolute atomic E-state index is 0.0193. The van der Waals surface area contributed by atoms with Crippen LogP contribution in [0.3, 0.4) is 0 Å². The lowest BCUT2D eigenvalue weighted by molar-refractivity contribution is -0.144. The summed E-state index contributed by atoms with van der Waals surface area (Å²) in [5.41, 5.74) is 5.82. The van der Waals surface area contributed by atoms with Gasteiger partial charge in [-0.3, -0.25) is 24.3 Å². The third-order valence-electron chi connectivity index (χ3n) is 16.2. The Labute approximate surface area is 453 Å². The molecule has 6 heterocycles. The van der Waals surface area contributed by atoms with Gasteiger partial charge in [-0.1, -0.05) is 70.2 Å². The maximum Gasteiger partial charge on any atom is 0.319 e. The van der Waals surface area contributed by atoms with Gasteiger partial charge in [-0.2, -0.15) is 9.97 Å². The van der Waals surface area contributed by atoms with Crippen LogP contribution in [0.1, 0.15) is 96.0 Å². The molecule has 408 valence electrons. The Hall–Kier alpha value is -6.34. The smallest absolute Gasteiger partial charge is 0.319 e. The molecular formula is C59H72FN9O7S. The summed E-state index contributed by atoms with van der Waals surface area (Å²) in [4.78, 5) is 67.2. The van der Waals surface area contributed by atoms with Crippen molar-refractivity contribution in [2.24, 2.45) is 23.2 Å². The molecule has 4 aliphatic rings. The number of β-amino-alcohol motifs (C(OH)–C–C–N with tert-alkyl or cyclic N) is 1. The van der Waals surface area contributed by atoms with Gasteiger partial charge in [0.05, 0.1) is 40.2 Å². The van der Waals surface area contributed by atoms with Crippen molar-refractivity contribution in [3.63, 3.8) is 0 Å². The van der Waals surface area contributed by atoms with E-state index in [4.69, 9.17) is 24.4 Å². The molecule has 1 aliphatic carbocycles. The molecule has 6 aromatic rings. The number of fused-ring (bicyclic) bond motifs is 4. The van der Waals surface area contributed by atoms with Crippen LogP contribution in [-0.2, 0) is 25.5 Å². The van der Waals surface area contributed by atoms with Gasteiger partial charge >= 0.3 is 6.01 Å². The molecule has 3 aliphatic heterocycles. The van der Waals surface area contributed by atoms with E-state index in [1.165, 1.54) is 24.2 Å². The van der Waals surface area contributed by atoms with E-state index >= 15 is 4.39 Å². The van der Waals surface area contributed by atoms with E-state index in [0.717, 1.165) is 83.5 Å². The first-order valence-electron chi connectivity index (χ1n) is 27.4. The monoisotopic (exact) mass is 1070 g/mol. The molecule has 1 saturated carbocycles. The highest BCUT2D eigenvalue weighted by Gasteiger charge is 2.45. The number of amides is 3. The van der Waals surface area contributed by atoms with Crippen LogP contribution in [0.25, 0.3) is 43.4 Å². The number of carbonyl (C=O) groups excluding carboxylic acids is 3. The topological polar surface area (TPSA) is 195 Å². The summed E-state index contributed by atoms with van der Waals surface area (Å²) in [6.45, 7) is 15.8. The molecule has 18 heteroatoms. The second-order valence-electron chi connectivity index (χ2n) is 22.9. The van der Waals surface area contributed by atoms with Crippen molar-refractivity contribution in [3.05, 3.63) is 88.9 Å². The lowest BCUT2D eigenvalue weighted by atomic mass is 9.85. The molecule has 2 bridgehead atoms. The largest absolute Gasteiger partial charge is 0.508 e. The van der Waals surface area contributed by atoms with Crippen molar-refractivity contribution in [3.8, 4) is 33.5 Å². The number of carbonyl (C=O) groups is 3. The Morgan fingerprint density at radius 2 is 1.70 bits per heavy atom. The maximum absolute atomic E-state index is 17.1. The molecule has 16 nitrogen and oxygen atoms in total. The van der Waals surface area contributed by atoms with E-state index in [0.29, 0.717) is 48.4 Å². The number of aliphatic hydroxyl groups excluding tert-OH is 1. The highest BCUT2D eigenvalue weighted by Crippen LogP contribution is 2.42.